The fourth-order valence-electron chi connectivity index (χ4n) is 0.328. The second kappa shape index (κ2) is 5.13. The van der Waals surface area contributed by atoms with Gasteiger partial charge in [0.2, 0.25) is 6.20 Å². The highest BCUT2D eigenvalue weighted by Gasteiger charge is 1.93. The van der Waals surface area contributed by atoms with Crippen molar-refractivity contribution in [1.29, 1.82) is 0 Å². The summed E-state index contributed by atoms with van der Waals surface area (Å²) in [5.41, 5.74) is 0.929. The van der Waals surface area contributed by atoms with Crippen molar-refractivity contribution in [2.24, 2.45) is 9.98 Å². The van der Waals surface area contributed by atoms with E-state index in [0.717, 1.165) is 5.71 Å². The van der Waals surface area contributed by atoms with Crippen LogP contribution < -0.4 is 0 Å². The minimum absolute atomic E-state index is 0.929. The van der Waals surface area contributed by atoms with Crippen LogP contribution in [0.5, 0.6) is 0 Å². The van der Waals surface area contributed by atoms with Crippen LogP contribution >= 0.6 is 0 Å². The molecule has 0 saturated carbocycles. The Hall–Kier alpha value is -1.01. The van der Waals surface area contributed by atoms with Crippen molar-refractivity contribution in [3.8, 4) is 0 Å². The third-order valence-electron chi connectivity index (χ3n) is 0.652. The maximum atomic E-state index is 3.86. The molecule has 1 rings (SSSR count). The van der Waals surface area contributed by atoms with Gasteiger partial charge in [-0.05, 0) is 11.9 Å². The largest absolute Gasteiger partial charge is 0.239 e. The molecule has 2 nitrogen and oxygen atoms in total. The third-order valence-corrected chi connectivity index (χ3v) is 0.652. The molecule has 0 aromatic heterocycles. The maximum Gasteiger partial charge on any atom is 0.239 e. The number of hydrogen-bond donors (Lipinski definition) is 0. The molecule has 1 heterocycles. The van der Waals surface area contributed by atoms with Crippen LogP contribution in [-0.2, 0) is 0 Å². The summed E-state index contributed by atoms with van der Waals surface area (Å²) < 4.78 is 0. The molecule has 0 N–H and O–H groups in total. The number of nitrogens with zero attached hydrogens (tertiary/aromatic N) is 2. The monoisotopic (exact) mass is 123 g/mol. The first-order valence-corrected chi connectivity index (χ1v) is 3.04. The Bertz CT molecular complexity index is 143. The fraction of sp³-hybridized carbons (Fsp3) is 0.429. The molecule has 0 fully saturated rings. The predicted octanol–water partition coefficient (Wildman–Crippen LogP) is 1.83. The first-order valence-electron chi connectivity index (χ1n) is 3.04. The predicted molar refractivity (Wildman–Crippen MR) is 40.8 cm³/mol. The highest BCUT2D eigenvalue weighted by atomic mass is 14.8. The van der Waals surface area contributed by atoms with Crippen molar-refractivity contribution in [3.63, 3.8) is 0 Å². The summed E-state index contributed by atoms with van der Waals surface area (Å²) in [4.78, 5) is 7.56. The summed E-state index contributed by atoms with van der Waals surface area (Å²) in [6.45, 7) is 5.89. The zero-order valence-corrected chi connectivity index (χ0v) is 6.05. The number of hydrogen-bond acceptors (Lipinski definition) is 2. The van der Waals surface area contributed by atoms with Crippen molar-refractivity contribution < 1.29 is 0 Å². The molecule has 0 saturated heterocycles. The van der Waals surface area contributed by atoms with Crippen molar-refractivity contribution in [3.05, 3.63) is 12.4 Å². The van der Waals surface area contributed by atoms with Gasteiger partial charge >= 0.3 is 0 Å². The van der Waals surface area contributed by atoms with E-state index in [-0.39, 0.29) is 0 Å². The zero-order chi connectivity index (χ0) is 7.11. The summed E-state index contributed by atoms with van der Waals surface area (Å²) in [7, 11) is 0. The van der Waals surface area contributed by atoms with E-state index >= 15 is 0 Å². The maximum absolute atomic E-state index is 3.86. The smallest absolute Gasteiger partial charge is 0.205 e. The topological polar surface area (TPSA) is 24.7 Å². The molecule has 1 aliphatic heterocycles. The Morgan fingerprint density at radius 3 is 2.33 bits per heavy atom. The highest BCUT2D eigenvalue weighted by Crippen LogP contribution is 1.83. The Morgan fingerprint density at radius 2 is 2.11 bits per heavy atom. The van der Waals surface area contributed by atoms with Gasteiger partial charge in [0, 0.05) is 0 Å². The van der Waals surface area contributed by atoms with Gasteiger partial charge in [-0.1, -0.05) is 13.8 Å². The van der Waals surface area contributed by atoms with E-state index in [0.29, 0.717) is 0 Å². The van der Waals surface area contributed by atoms with E-state index in [1.54, 1.807) is 12.4 Å². The lowest BCUT2D eigenvalue weighted by Crippen LogP contribution is -1.92. The second-order valence-electron chi connectivity index (χ2n) is 1.29. The number of rotatable bonds is 0. The van der Waals surface area contributed by atoms with Crippen LogP contribution in [0, 0.1) is 6.20 Å². The minimum atomic E-state index is 0.929. The van der Waals surface area contributed by atoms with E-state index in [4.69, 9.17) is 0 Å². The van der Waals surface area contributed by atoms with Crippen molar-refractivity contribution >= 4 is 11.9 Å². The van der Waals surface area contributed by atoms with Gasteiger partial charge in [0.1, 0.15) is 5.71 Å². The van der Waals surface area contributed by atoms with Crippen LogP contribution in [0.3, 0.4) is 0 Å². The first kappa shape index (κ1) is 7.99. The minimum Gasteiger partial charge on any atom is -0.205 e. The van der Waals surface area contributed by atoms with E-state index in [2.05, 4.69) is 16.2 Å². The first-order chi connectivity index (χ1) is 4.39. The van der Waals surface area contributed by atoms with Gasteiger partial charge in [0.05, 0.1) is 0 Å². The molecular formula is C7H11N2+. The molecule has 0 aromatic rings. The van der Waals surface area contributed by atoms with Crippen molar-refractivity contribution in [1.82, 2.24) is 0 Å². The van der Waals surface area contributed by atoms with Gasteiger partial charge in [-0.2, -0.15) is 0 Å². The van der Waals surface area contributed by atoms with Crippen LogP contribution in [0.4, 0.5) is 0 Å². The lowest BCUT2D eigenvalue weighted by Gasteiger charge is -1.76. The Kier molecular flexibility index (Phi) is 4.56. The van der Waals surface area contributed by atoms with Gasteiger partial charge in [0.25, 0.3) is 0 Å². The van der Waals surface area contributed by atoms with Crippen molar-refractivity contribution in [2.75, 3.05) is 0 Å². The van der Waals surface area contributed by atoms with Crippen LogP contribution in [0.25, 0.3) is 0 Å². The van der Waals surface area contributed by atoms with Gasteiger partial charge < -0.3 is 0 Å². The molecule has 0 aliphatic carbocycles. The van der Waals surface area contributed by atoms with Gasteiger partial charge in [-0.3, -0.25) is 0 Å². The summed E-state index contributed by atoms with van der Waals surface area (Å²) in [6, 6.07) is 0. The van der Waals surface area contributed by atoms with Gasteiger partial charge in [-0.25, -0.2) is 4.99 Å². The Balaban J connectivity index is 0.000000291. The molecule has 9 heavy (non-hydrogen) atoms. The van der Waals surface area contributed by atoms with Gasteiger partial charge in [-0.15, -0.1) is 0 Å². The molecule has 0 bridgehead atoms. The molecule has 0 radical (unpaired) electrons. The van der Waals surface area contributed by atoms with E-state index in [1.807, 2.05) is 20.8 Å². The normalized spacial score (nSPS) is 13.0. The molecular weight excluding hydrogens is 112 g/mol. The summed E-state index contributed by atoms with van der Waals surface area (Å²) in [6.07, 6.45) is 5.79. The molecule has 1 aliphatic rings. The summed E-state index contributed by atoms with van der Waals surface area (Å²) in [5.74, 6) is 0. The van der Waals surface area contributed by atoms with Gasteiger partial charge in [0.15, 0.2) is 12.4 Å². The highest BCUT2D eigenvalue weighted by molar-refractivity contribution is 6.30. The van der Waals surface area contributed by atoms with E-state index in [1.165, 1.54) is 0 Å². The number of aliphatic imine (C=N–C) groups is 2. The average Bonchev–Trinajstić information content (AvgIpc) is 1.94. The standard InChI is InChI=1S/C5H5N2.C2H6/c1-5-4-6-2-3-7-5;1-2/h3-4H,1H3;1-2H3/q+1;. The molecule has 2 heteroatoms. The van der Waals surface area contributed by atoms with Crippen LogP contribution in [0.1, 0.15) is 20.8 Å². The summed E-state index contributed by atoms with van der Waals surface area (Å²) in [5, 5.41) is 0. The molecule has 0 unspecified atom stereocenters. The lowest BCUT2D eigenvalue weighted by molar-refractivity contribution is 1.40. The SMILES string of the molecule is CC.CC1=NC=[C+]N=C1. The molecule has 0 atom stereocenters. The fourth-order valence-corrected chi connectivity index (χ4v) is 0.328. The van der Waals surface area contributed by atoms with E-state index < -0.39 is 0 Å². The van der Waals surface area contributed by atoms with Crippen molar-refractivity contribution in [2.45, 2.75) is 20.8 Å². The average molecular weight is 123 g/mol. The molecule has 48 valence electrons. The second-order valence-corrected chi connectivity index (χ2v) is 1.29. The molecule has 0 aromatic carbocycles. The molecule has 0 spiro atoms. The Morgan fingerprint density at radius 1 is 1.44 bits per heavy atom. The zero-order valence-electron chi connectivity index (χ0n) is 6.05. The van der Waals surface area contributed by atoms with Crippen LogP contribution in [0.2, 0.25) is 0 Å². The van der Waals surface area contributed by atoms with Crippen LogP contribution in [-0.4, -0.2) is 11.9 Å². The van der Waals surface area contributed by atoms with E-state index in [9.17, 15) is 0 Å². The summed E-state index contributed by atoms with van der Waals surface area (Å²) >= 11 is 0. The lowest BCUT2D eigenvalue weighted by atomic mass is 10.4. The third kappa shape index (κ3) is 3.56. The molecule has 0 amide bonds. The Labute approximate surface area is 56.0 Å². The van der Waals surface area contributed by atoms with Crippen LogP contribution in [0.15, 0.2) is 16.2 Å². The quantitative estimate of drug-likeness (QED) is 0.439.